The van der Waals surface area contributed by atoms with E-state index in [0.29, 0.717) is 18.7 Å². The molecule has 154 valence electrons. The number of aryl methyl sites for hydroxylation is 1. The molecule has 3 heterocycles. The predicted octanol–water partition coefficient (Wildman–Crippen LogP) is 4.38. The van der Waals surface area contributed by atoms with Gasteiger partial charge in [0.25, 0.3) is 0 Å². The number of carboxylic acid groups (broad SMARTS) is 1. The van der Waals surface area contributed by atoms with E-state index in [9.17, 15) is 9.90 Å². The Balaban J connectivity index is 1.63. The molecule has 1 saturated carbocycles. The van der Waals surface area contributed by atoms with Gasteiger partial charge in [0.2, 0.25) is 0 Å². The molecule has 0 aliphatic heterocycles. The van der Waals surface area contributed by atoms with Gasteiger partial charge in [0, 0.05) is 29.2 Å². The van der Waals surface area contributed by atoms with Crippen LogP contribution in [0.25, 0.3) is 27.8 Å². The van der Waals surface area contributed by atoms with Gasteiger partial charge in [-0.2, -0.15) is 0 Å². The minimum Gasteiger partial charge on any atom is -0.481 e. The van der Waals surface area contributed by atoms with Crippen LogP contribution in [0.5, 0.6) is 0 Å². The molecule has 1 fully saturated rings. The molecule has 0 amide bonds. The van der Waals surface area contributed by atoms with Crippen molar-refractivity contribution in [3.63, 3.8) is 0 Å². The molecule has 0 atom stereocenters. The smallest absolute Gasteiger partial charge is 0.306 e. The number of imidazole rings is 1. The zero-order chi connectivity index (χ0) is 20.8. The summed E-state index contributed by atoms with van der Waals surface area (Å²) in [6, 6.07) is 8.43. The van der Waals surface area contributed by atoms with Gasteiger partial charge in [-0.05, 0) is 43.7 Å². The van der Waals surface area contributed by atoms with Crippen molar-refractivity contribution < 1.29 is 9.90 Å². The summed E-state index contributed by atoms with van der Waals surface area (Å²) >= 11 is 0. The number of H-pyrrole nitrogens is 1. The molecule has 7 nitrogen and oxygen atoms in total. The number of nitrogens with zero attached hydrogens (tertiary/aromatic N) is 3. The van der Waals surface area contributed by atoms with Crippen molar-refractivity contribution in [1.82, 2.24) is 19.4 Å². The van der Waals surface area contributed by atoms with Gasteiger partial charge < -0.3 is 15.8 Å². The quantitative estimate of drug-likeness (QED) is 0.468. The summed E-state index contributed by atoms with van der Waals surface area (Å²) in [5.74, 6) is 0.645. The number of nitrogen functional groups attached to an aromatic ring is 1. The average molecular weight is 403 g/mol. The maximum Gasteiger partial charge on any atom is 0.306 e. The van der Waals surface area contributed by atoms with Gasteiger partial charge in [-0.3, -0.25) is 9.20 Å². The van der Waals surface area contributed by atoms with Crippen LogP contribution in [0.2, 0.25) is 0 Å². The average Bonchev–Trinajstić information content (AvgIpc) is 3.36. The van der Waals surface area contributed by atoms with E-state index < -0.39 is 5.97 Å². The Morgan fingerprint density at radius 3 is 2.83 bits per heavy atom. The van der Waals surface area contributed by atoms with Gasteiger partial charge in [0.1, 0.15) is 22.9 Å². The predicted molar refractivity (Wildman–Crippen MR) is 116 cm³/mol. The number of carboxylic acids is 1. The molecule has 0 bridgehead atoms. The number of nitrogens with one attached hydrogen (secondary N) is 1. The Bertz CT molecular complexity index is 1250. The molecule has 4 aromatic rings. The van der Waals surface area contributed by atoms with Crippen molar-refractivity contribution in [3.05, 3.63) is 48.0 Å². The first-order valence-electron chi connectivity index (χ1n) is 10.5. The maximum atomic E-state index is 11.3. The summed E-state index contributed by atoms with van der Waals surface area (Å²) < 4.78 is 2.04. The molecule has 3 aromatic heterocycles. The normalized spacial score (nSPS) is 19.5. The van der Waals surface area contributed by atoms with Crippen LogP contribution in [-0.2, 0) is 11.2 Å². The Labute approximate surface area is 174 Å². The molecule has 1 aliphatic rings. The van der Waals surface area contributed by atoms with Gasteiger partial charge in [-0.25, -0.2) is 9.97 Å². The number of aliphatic carboxylic acids is 1. The first-order chi connectivity index (χ1) is 14.6. The lowest BCUT2D eigenvalue weighted by Crippen LogP contribution is -2.21. The van der Waals surface area contributed by atoms with E-state index in [-0.39, 0.29) is 11.8 Å². The van der Waals surface area contributed by atoms with Gasteiger partial charge in [0.15, 0.2) is 0 Å². The van der Waals surface area contributed by atoms with Crippen LogP contribution in [0.4, 0.5) is 5.82 Å². The monoisotopic (exact) mass is 403 g/mol. The van der Waals surface area contributed by atoms with Crippen molar-refractivity contribution in [1.29, 1.82) is 0 Å². The Morgan fingerprint density at radius 2 is 2.10 bits per heavy atom. The molecule has 0 spiro atoms. The first-order valence-corrected chi connectivity index (χ1v) is 10.5. The molecule has 1 aliphatic carbocycles. The largest absolute Gasteiger partial charge is 0.481 e. The fourth-order valence-electron chi connectivity index (χ4n) is 4.80. The number of anilines is 1. The summed E-state index contributed by atoms with van der Waals surface area (Å²) in [5.41, 5.74) is 11.2. The standard InChI is InChI=1S/C23H25N5O2/c1-2-13-4-3-5-16-12-17(26-18(13)16)19-20-21(24)25-10-11-28(20)22(27-19)14-6-8-15(9-7-14)23(29)30/h3-5,10-12,14-15,26H,2,6-9H2,1H3,(H2,24,25)(H,29,30)/t14-,15-. The molecule has 4 N–H and O–H groups in total. The van der Waals surface area contributed by atoms with Crippen molar-refractivity contribution in [2.45, 2.75) is 44.9 Å². The Morgan fingerprint density at radius 1 is 1.30 bits per heavy atom. The highest BCUT2D eigenvalue weighted by molar-refractivity contribution is 5.92. The number of aromatic nitrogens is 4. The van der Waals surface area contributed by atoms with Gasteiger partial charge in [0.05, 0.1) is 11.6 Å². The lowest BCUT2D eigenvalue weighted by Gasteiger charge is -2.25. The summed E-state index contributed by atoms with van der Waals surface area (Å²) in [7, 11) is 0. The highest BCUT2D eigenvalue weighted by Crippen LogP contribution is 2.39. The molecule has 1 aromatic carbocycles. The van der Waals surface area contributed by atoms with E-state index in [1.165, 1.54) is 5.56 Å². The van der Waals surface area contributed by atoms with E-state index >= 15 is 0 Å². The van der Waals surface area contributed by atoms with Crippen molar-refractivity contribution in [2.75, 3.05) is 5.73 Å². The molecular formula is C23H25N5O2. The van der Waals surface area contributed by atoms with Crippen molar-refractivity contribution in [2.24, 2.45) is 5.92 Å². The lowest BCUT2D eigenvalue weighted by atomic mass is 9.81. The van der Waals surface area contributed by atoms with Crippen LogP contribution in [0.15, 0.2) is 36.7 Å². The second-order valence-corrected chi connectivity index (χ2v) is 8.15. The fourth-order valence-corrected chi connectivity index (χ4v) is 4.80. The van der Waals surface area contributed by atoms with E-state index in [4.69, 9.17) is 10.7 Å². The number of hydrogen-bond donors (Lipinski definition) is 3. The van der Waals surface area contributed by atoms with Gasteiger partial charge in [-0.1, -0.05) is 25.1 Å². The third-order valence-corrected chi connectivity index (χ3v) is 6.43. The topological polar surface area (TPSA) is 109 Å². The fraction of sp³-hybridized carbons (Fsp3) is 0.348. The maximum absolute atomic E-state index is 11.3. The highest BCUT2D eigenvalue weighted by atomic mass is 16.4. The van der Waals surface area contributed by atoms with Crippen molar-refractivity contribution in [3.8, 4) is 11.4 Å². The molecule has 5 rings (SSSR count). The first kappa shape index (κ1) is 18.7. The number of fused-ring (bicyclic) bond motifs is 2. The molecule has 7 heteroatoms. The SMILES string of the molecule is CCc1cccc2cc(-c3nc([C@H]4CC[C@H](C(=O)O)CC4)n4ccnc(N)c34)[nH]c12. The zero-order valence-corrected chi connectivity index (χ0v) is 16.9. The molecule has 0 radical (unpaired) electrons. The summed E-state index contributed by atoms with van der Waals surface area (Å²) in [6.07, 6.45) is 7.52. The zero-order valence-electron chi connectivity index (χ0n) is 16.9. The molecule has 30 heavy (non-hydrogen) atoms. The van der Waals surface area contributed by atoms with Crippen LogP contribution in [0.3, 0.4) is 0 Å². The van der Waals surface area contributed by atoms with Crippen LogP contribution in [0.1, 0.15) is 49.9 Å². The Kier molecular flexibility index (Phi) is 4.46. The van der Waals surface area contributed by atoms with Crippen LogP contribution < -0.4 is 5.73 Å². The summed E-state index contributed by atoms with van der Waals surface area (Å²) in [5, 5.41) is 10.5. The van der Waals surface area contributed by atoms with E-state index in [1.54, 1.807) is 6.20 Å². The third-order valence-electron chi connectivity index (χ3n) is 6.43. The van der Waals surface area contributed by atoms with Gasteiger partial charge >= 0.3 is 5.97 Å². The van der Waals surface area contributed by atoms with Crippen LogP contribution in [0, 0.1) is 5.92 Å². The van der Waals surface area contributed by atoms with Gasteiger partial charge in [-0.15, -0.1) is 0 Å². The third kappa shape index (κ3) is 2.93. The van der Waals surface area contributed by atoms with E-state index in [1.807, 2.05) is 10.6 Å². The number of carbonyl (C=O) groups is 1. The number of aromatic amines is 1. The molecular weight excluding hydrogens is 378 g/mol. The molecule has 0 saturated heterocycles. The Hall–Kier alpha value is -3.35. The number of hydrogen-bond acceptors (Lipinski definition) is 4. The number of nitrogens with two attached hydrogens (primary N) is 1. The number of rotatable bonds is 4. The van der Waals surface area contributed by atoms with Crippen molar-refractivity contribution >= 4 is 28.2 Å². The lowest BCUT2D eigenvalue weighted by molar-refractivity contribution is -0.142. The van der Waals surface area contributed by atoms with E-state index in [0.717, 1.165) is 52.9 Å². The highest BCUT2D eigenvalue weighted by Gasteiger charge is 2.30. The minimum atomic E-state index is -0.694. The second kappa shape index (κ2) is 7.16. The second-order valence-electron chi connectivity index (χ2n) is 8.15. The van der Waals surface area contributed by atoms with Crippen LogP contribution in [-0.4, -0.2) is 30.4 Å². The molecule has 0 unspecified atom stereocenters. The number of benzene rings is 1. The summed E-state index contributed by atoms with van der Waals surface area (Å²) in [4.78, 5) is 24.2. The summed E-state index contributed by atoms with van der Waals surface area (Å²) in [6.45, 7) is 2.15. The van der Waals surface area contributed by atoms with Crippen LogP contribution >= 0.6 is 0 Å². The number of para-hydroxylation sites is 1. The minimum absolute atomic E-state index is 0.208. The van der Waals surface area contributed by atoms with E-state index in [2.05, 4.69) is 41.2 Å².